The molecule has 3 aliphatic rings. The van der Waals surface area contributed by atoms with Crippen LogP contribution in [0.3, 0.4) is 0 Å². The van der Waals surface area contributed by atoms with E-state index in [1.165, 1.54) is 35.5 Å². The van der Waals surface area contributed by atoms with E-state index in [-0.39, 0.29) is 43.5 Å². The van der Waals surface area contributed by atoms with Gasteiger partial charge in [-0.2, -0.15) is 8.78 Å². The Morgan fingerprint density at radius 1 is 1.32 bits per heavy atom. The van der Waals surface area contributed by atoms with Gasteiger partial charge in [0.05, 0.1) is 11.5 Å². The van der Waals surface area contributed by atoms with Crippen molar-refractivity contribution < 1.29 is 36.3 Å². The van der Waals surface area contributed by atoms with E-state index >= 15 is 0 Å². The van der Waals surface area contributed by atoms with Crippen molar-refractivity contribution >= 4 is 34.8 Å². The minimum absolute atomic E-state index is 0.0846. The van der Waals surface area contributed by atoms with Crippen molar-refractivity contribution in [1.82, 2.24) is 29.9 Å². The maximum absolute atomic E-state index is 13.6. The third-order valence-electron chi connectivity index (χ3n) is 7.73. The van der Waals surface area contributed by atoms with Gasteiger partial charge < -0.3 is 15.4 Å². The normalized spacial score (nSPS) is 24.2. The lowest BCUT2D eigenvalue weighted by Gasteiger charge is -2.25. The molecule has 0 bridgehead atoms. The molecule has 0 saturated heterocycles. The summed E-state index contributed by atoms with van der Waals surface area (Å²) in [6, 6.07) is 1.07. The van der Waals surface area contributed by atoms with Crippen molar-refractivity contribution in [2.75, 3.05) is 11.9 Å². The van der Waals surface area contributed by atoms with Crippen LogP contribution in [0.1, 0.15) is 51.0 Å². The number of halogens is 5. The van der Waals surface area contributed by atoms with E-state index in [0.717, 1.165) is 10.4 Å². The summed E-state index contributed by atoms with van der Waals surface area (Å²) in [6.45, 7) is -3.21. The first-order valence-corrected chi connectivity index (χ1v) is 13.9. The highest BCUT2D eigenvalue weighted by Crippen LogP contribution is 2.48. The van der Waals surface area contributed by atoms with Gasteiger partial charge in [-0.1, -0.05) is 0 Å². The highest BCUT2D eigenvalue weighted by Gasteiger charge is 2.56. The van der Waals surface area contributed by atoms with Crippen LogP contribution < -0.4 is 15.4 Å². The molecule has 41 heavy (non-hydrogen) atoms. The zero-order valence-corrected chi connectivity index (χ0v) is 22.6. The van der Waals surface area contributed by atoms with Gasteiger partial charge in [-0.3, -0.25) is 14.2 Å². The molecular formula is C25H26F5N7O3S. The smallest absolute Gasteiger partial charge is 0.388 e. The second-order valence-electron chi connectivity index (χ2n) is 10.6. The van der Waals surface area contributed by atoms with Crippen LogP contribution in [0.15, 0.2) is 12.4 Å². The fourth-order valence-corrected chi connectivity index (χ4v) is 6.61. The molecule has 3 heterocycles. The van der Waals surface area contributed by atoms with Crippen LogP contribution in [0, 0.1) is 11.8 Å². The number of carbonyl (C=O) groups is 2. The van der Waals surface area contributed by atoms with Crippen molar-refractivity contribution in [2.45, 2.75) is 63.3 Å². The van der Waals surface area contributed by atoms with Crippen molar-refractivity contribution in [3.8, 4) is 5.88 Å². The Labute approximate surface area is 234 Å². The van der Waals surface area contributed by atoms with E-state index in [4.69, 9.17) is 0 Å². The van der Waals surface area contributed by atoms with Gasteiger partial charge in [0.15, 0.2) is 0 Å². The molecule has 2 fully saturated rings. The summed E-state index contributed by atoms with van der Waals surface area (Å²) >= 11 is 1.34. The molecule has 2 N–H and O–H groups in total. The van der Waals surface area contributed by atoms with Gasteiger partial charge in [0.25, 0.3) is 11.8 Å². The second kappa shape index (κ2) is 10.4. The van der Waals surface area contributed by atoms with E-state index in [1.54, 1.807) is 4.57 Å². The Bertz CT molecular complexity index is 1490. The molecule has 1 amide bonds. The fraction of sp³-hybridized carbons (Fsp3) is 0.560. The first kappa shape index (κ1) is 27.6. The molecule has 6 rings (SSSR count). The molecule has 0 aliphatic heterocycles. The van der Waals surface area contributed by atoms with Gasteiger partial charge in [-0.25, -0.2) is 17.9 Å². The van der Waals surface area contributed by atoms with Crippen LogP contribution >= 0.6 is 11.3 Å². The number of fused-ring (bicyclic) bond motifs is 1. The number of hydrogen-bond donors (Lipinski definition) is 2. The van der Waals surface area contributed by atoms with Crippen LogP contribution in [0.2, 0.25) is 0 Å². The van der Waals surface area contributed by atoms with Gasteiger partial charge in [-0.05, 0) is 31.2 Å². The number of alkyl halides is 5. The summed E-state index contributed by atoms with van der Waals surface area (Å²) in [6.07, 6.45) is 1.75. The lowest BCUT2D eigenvalue weighted by atomic mass is 9.90. The number of ether oxygens (including phenoxy) is 1. The number of nitrogens with one attached hydrogen (secondary N) is 2. The summed E-state index contributed by atoms with van der Waals surface area (Å²) in [7, 11) is 1.54. The molecule has 10 nitrogen and oxygen atoms in total. The summed E-state index contributed by atoms with van der Waals surface area (Å²) in [5, 5.41) is 17.6. The average Bonchev–Trinajstić information content (AvgIpc) is 3.53. The maximum Gasteiger partial charge on any atom is 0.388 e. The highest BCUT2D eigenvalue weighted by atomic mass is 32.1. The van der Waals surface area contributed by atoms with E-state index in [1.807, 2.05) is 0 Å². The number of thiophene rings is 1. The van der Waals surface area contributed by atoms with Crippen LogP contribution in [0.25, 0.3) is 0 Å². The van der Waals surface area contributed by atoms with E-state index < -0.39 is 36.4 Å². The molecule has 0 unspecified atom stereocenters. The van der Waals surface area contributed by atoms with Gasteiger partial charge in [0.1, 0.15) is 24.1 Å². The third-order valence-corrected chi connectivity index (χ3v) is 9.03. The first-order chi connectivity index (χ1) is 19.5. The number of ketones is 1. The zero-order chi connectivity index (χ0) is 29.1. The number of carbonyl (C=O) groups excluding carboxylic acids is 2. The highest BCUT2D eigenvalue weighted by molar-refractivity contribution is 7.12. The molecule has 16 heteroatoms. The van der Waals surface area contributed by atoms with Crippen LogP contribution in [-0.2, 0) is 31.1 Å². The monoisotopic (exact) mass is 599 g/mol. The predicted molar refractivity (Wildman–Crippen MR) is 136 cm³/mol. The summed E-state index contributed by atoms with van der Waals surface area (Å²) in [5.41, 5.74) is 1.01. The van der Waals surface area contributed by atoms with Crippen molar-refractivity contribution in [3.63, 3.8) is 0 Å². The minimum Gasteiger partial charge on any atom is -0.415 e. The van der Waals surface area contributed by atoms with Crippen LogP contribution in [0.5, 0.6) is 5.88 Å². The van der Waals surface area contributed by atoms with E-state index in [9.17, 15) is 31.5 Å². The number of Topliss-reactive ketones (excluding diaryl/α,β-unsaturated/α-hetero) is 1. The average molecular weight is 600 g/mol. The third kappa shape index (κ3) is 5.65. The number of nitrogens with zero attached hydrogens (tertiary/aromatic N) is 5. The van der Waals surface area contributed by atoms with Crippen molar-refractivity contribution in [3.05, 3.63) is 33.3 Å². The van der Waals surface area contributed by atoms with Gasteiger partial charge in [0, 0.05) is 54.2 Å². The van der Waals surface area contributed by atoms with E-state index in [0.29, 0.717) is 41.5 Å². The quantitative estimate of drug-likeness (QED) is 0.320. The Hall–Kier alpha value is -3.56. The molecule has 3 aromatic rings. The fourth-order valence-electron chi connectivity index (χ4n) is 5.25. The SMILES string of the molecule is Cn1nc(OC(F)F)cc1Nc1nncn1[C@H]1CCc2sc(CC(=O)[C@H]3C[C@@H]3F)c(C(=O)NC[C@H]3CC3(F)F)c2C1. The lowest BCUT2D eigenvalue weighted by molar-refractivity contribution is -0.119. The molecule has 4 atom stereocenters. The summed E-state index contributed by atoms with van der Waals surface area (Å²) in [4.78, 5) is 27.4. The number of aromatic nitrogens is 5. The largest absolute Gasteiger partial charge is 0.415 e. The number of anilines is 2. The molecule has 3 aliphatic carbocycles. The van der Waals surface area contributed by atoms with Crippen molar-refractivity contribution in [2.24, 2.45) is 18.9 Å². The molecular weight excluding hydrogens is 573 g/mol. The number of amides is 1. The molecule has 0 aromatic carbocycles. The standard InChI is InChI=1S/C25H26F5N7O3S/c1-36-19(7-20(35-36)40-23(27)28)33-24-34-32-10-37(24)12-2-3-17-14(4-12)21(22(39)31-9-11-8-25(11,29)30)18(41-17)6-16(38)13-5-15(13)26/h7,10-13,15,23H,2-6,8-9H2,1H3,(H,31,39)(H,33,34)/t11-,12+,13+,15+/m1/s1. The lowest BCUT2D eigenvalue weighted by Crippen LogP contribution is -2.29. The molecule has 0 spiro atoms. The molecule has 220 valence electrons. The molecule has 2 saturated carbocycles. The Balaban J connectivity index is 1.24. The number of aryl methyl sites for hydroxylation is 2. The van der Waals surface area contributed by atoms with Gasteiger partial charge >= 0.3 is 6.61 Å². The Morgan fingerprint density at radius 2 is 2.07 bits per heavy atom. The Morgan fingerprint density at radius 3 is 2.76 bits per heavy atom. The van der Waals surface area contributed by atoms with Gasteiger partial charge in [-0.15, -0.1) is 26.6 Å². The van der Waals surface area contributed by atoms with Crippen LogP contribution in [0.4, 0.5) is 33.7 Å². The zero-order valence-electron chi connectivity index (χ0n) is 21.8. The number of rotatable bonds is 11. The topological polar surface area (TPSA) is 116 Å². The second-order valence-corrected chi connectivity index (χ2v) is 11.8. The molecule has 3 aromatic heterocycles. The predicted octanol–water partition coefficient (Wildman–Crippen LogP) is 4.00. The van der Waals surface area contributed by atoms with Gasteiger partial charge in [0.2, 0.25) is 11.8 Å². The summed E-state index contributed by atoms with van der Waals surface area (Å²) in [5.74, 6) is -4.80. The maximum atomic E-state index is 13.6. The first-order valence-electron chi connectivity index (χ1n) is 13.1. The summed E-state index contributed by atoms with van der Waals surface area (Å²) < 4.78 is 73.0. The van der Waals surface area contributed by atoms with Crippen LogP contribution in [-0.4, -0.2) is 61.5 Å². The number of hydrogen-bond acceptors (Lipinski definition) is 8. The molecule has 0 radical (unpaired) electrons. The van der Waals surface area contributed by atoms with E-state index in [2.05, 4.69) is 30.7 Å². The minimum atomic E-state index is -3.03. The Kier molecular flexibility index (Phi) is 6.98. The van der Waals surface area contributed by atoms with Crippen molar-refractivity contribution in [1.29, 1.82) is 0 Å².